The molecule has 0 aromatic carbocycles. The minimum atomic E-state index is -0.0597. The Bertz CT molecular complexity index is 271. The molecule has 0 aliphatic rings. The van der Waals surface area contributed by atoms with Gasteiger partial charge in [0.2, 0.25) is 0 Å². The maximum atomic E-state index is 9.05. The summed E-state index contributed by atoms with van der Waals surface area (Å²) < 4.78 is 5.00. The van der Waals surface area contributed by atoms with Crippen LogP contribution in [0.2, 0.25) is 0 Å². The quantitative estimate of drug-likeness (QED) is 0.697. The molecule has 0 saturated heterocycles. The molecule has 0 aliphatic heterocycles. The molecule has 3 heteroatoms. The molecule has 0 atom stereocenters. The van der Waals surface area contributed by atoms with Crippen molar-refractivity contribution in [1.29, 1.82) is 0 Å². The Morgan fingerprint density at radius 2 is 2.00 bits per heavy atom. The number of hydrogen-bond acceptors (Lipinski definition) is 3. The Hall–Kier alpha value is -0.830. The van der Waals surface area contributed by atoms with Crippen molar-refractivity contribution in [1.82, 2.24) is 5.16 Å². The van der Waals surface area contributed by atoms with Crippen LogP contribution in [0.1, 0.15) is 37.8 Å². The lowest BCUT2D eigenvalue weighted by atomic mass is 9.89. The van der Waals surface area contributed by atoms with E-state index in [0.717, 1.165) is 11.3 Å². The van der Waals surface area contributed by atoms with Crippen LogP contribution in [0, 0.1) is 6.92 Å². The average Bonchev–Trinajstić information content (AvgIpc) is 2.29. The molecule has 0 bridgehead atoms. The van der Waals surface area contributed by atoms with Crippen LogP contribution in [0.15, 0.2) is 4.52 Å². The third-order valence-corrected chi connectivity index (χ3v) is 1.85. The van der Waals surface area contributed by atoms with Crippen LogP contribution in [0.5, 0.6) is 0 Å². The van der Waals surface area contributed by atoms with E-state index in [2.05, 4.69) is 5.16 Å². The fourth-order valence-corrected chi connectivity index (χ4v) is 1.17. The highest BCUT2D eigenvalue weighted by atomic mass is 16.5. The topological polar surface area (TPSA) is 46.3 Å². The van der Waals surface area contributed by atoms with Crippen molar-refractivity contribution >= 4 is 0 Å². The van der Waals surface area contributed by atoms with Gasteiger partial charge in [0.05, 0.1) is 12.3 Å². The first-order valence-corrected chi connectivity index (χ1v) is 4.03. The fourth-order valence-electron chi connectivity index (χ4n) is 1.17. The molecule has 0 saturated carbocycles. The van der Waals surface area contributed by atoms with Crippen LogP contribution in [-0.4, -0.2) is 10.3 Å². The minimum Gasteiger partial charge on any atom is -0.391 e. The first-order valence-electron chi connectivity index (χ1n) is 4.03. The summed E-state index contributed by atoms with van der Waals surface area (Å²) in [6, 6.07) is 0. The smallest absolute Gasteiger partial charge is 0.139 e. The van der Waals surface area contributed by atoms with Crippen LogP contribution >= 0.6 is 0 Å². The number of nitrogens with zero attached hydrogens (tertiary/aromatic N) is 1. The van der Waals surface area contributed by atoms with E-state index >= 15 is 0 Å². The van der Waals surface area contributed by atoms with E-state index in [9.17, 15) is 0 Å². The van der Waals surface area contributed by atoms with Gasteiger partial charge in [-0.05, 0) is 6.92 Å². The summed E-state index contributed by atoms with van der Waals surface area (Å²) in [5.41, 5.74) is 1.61. The SMILES string of the molecule is Cc1onc(C(C)(C)C)c1CO. The van der Waals surface area contributed by atoms with E-state index in [1.165, 1.54) is 0 Å². The molecule has 1 rings (SSSR count). The van der Waals surface area contributed by atoms with Gasteiger partial charge in [-0.3, -0.25) is 0 Å². The Balaban J connectivity index is 3.16. The first kappa shape index (κ1) is 9.26. The Morgan fingerprint density at radius 1 is 1.42 bits per heavy atom. The van der Waals surface area contributed by atoms with Gasteiger partial charge >= 0.3 is 0 Å². The highest BCUT2D eigenvalue weighted by molar-refractivity contribution is 5.26. The monoisotopic (exact) mass is 169 g/mol. The zero-order valence-electron chi connectivity index (χ0n) is 8.01. The molecule has 0 amide bonds. The van der Waals surface area contributed by atoms with Gasteiger partial charge in [0.1, 0.15) is 5.76 Å². The van der Waals surface area contributed by atoms with E-state index in [4.69, 9.17) is 9.63 Å². The lowest BCUT2D eigenvalue weighted by Crippen LogP contribution is -2.14. The summed E-state index contributed by atoms with van der Waals surface area (Å²) in [7, 11) is 0. The predicted molar refractivity (Wildman–Crippen MR) is 45.9 cm³/mol. The summed E-state index contributed by atoms with van der Waals surface area (Å²) in [5.74, 6) is 0.711. The summed E-state index contributed by atoms with van der Waals surface area (Å²) in [5, 5.41) is 13.0. The van der Waals surface area contributed by atoms with Gasteiger partial charge in [-0.15, -0.1) is 0 Å². The number of aryl methyl sites for hydroxylation is 1. The molecule has 68 valence electrons. The highest BCUT2D eigenvalue weighted by Crippen LogP contribution is 2.26. The van der Waals surface area contributed by atoms with E-state index in [1.807, 2.05) is 27.7 Å². The minimum absolute atomic E-state index is 0.00192. The van der Waals surface area contributed by atoms with Gasteiger partial charge in [-0.25, -0.2) is 0 Å². The molecule has 3 nitrogen and oxygen atoms in total. The van der Waals surface area contributed by atoms with Crippen molar-refractivity contribution in [2.45, 2.75) is 39.7 Å². The van der Waals surface area contributed by atoms with E-state index < -0.39 is 0 Å². The molecule has 0 unspecified atom stereocenters. The molecular weight excluding hydrogens is 154 g/mol. The molecule has 0 aliphatic carbocycles. The summed E-state index contributed by atoms with van der Waals surface area (Å²) in [4.78, 5) is 0. The number of aliphatic hydroxyl groups excluding tert-OH is 1. The molecule has 12 heavy (non-hydrogen) atoms. The standard InChI is InChI=1S/C9H15NO2/c1-6-7(5-11)8(10-12-6)9(2,3)4/h11H,5H2,1-4H3. The van der Waals surface area contributed by atoms with Gasteiger partial charge in [0, 0.05) is 11.0 Å². The number of rotatable bonds is 1. The largest absolute Gasteiger partial charge is 0.391 e. The molecule has 1 aromatic rings. The summed E-state index contributed by atoms with van der Waals surface area (Å²) in [6.45, 7) is 7.95. The van der Waals surface area contributed by atoms with Crippen LogP contribution in [0.4, 0.5) is 0 Å². The summed E-state index contributed by atoms with van der Waals surface area (Å²) >= 11 is 0. The van der Waals surface area contributed by atoms with Crippen molar-refractivity contribution in [2.24, 2.45) is 0 Å². The van der Waals surface area contributed by atoms with E-state index in [1.54, 1.807) is 0 Å². The van der Waals surface area contributed by atoms with Crippen LogP contribution in [-0.2, 0) is 12.0 Å². The second-order valence-electron chi connectivity index (χ2n) is 3.97. The molecule has 0 spiro atoms. The molecule has 1 heterocycles. The van der Waals surface area contributed by atoms with Crippen molar-refractivity contribution in [3.63, 3.8) is 0 Å². The molecule has 0 radical (unpaired) electrons. The van der Waals surface area contributed by atoms with Gasteiger partial charge < -0.3 is 9.63 Å². The highest BCUT2D eigenvalue weighted by Gasteiger charge is 2.23. The van der Waals surface area contributed by atoms with Gasteiger partial charge in [0.15, 0.2) is 0 Å². The van der Waals surface area contributed by atoms with Crippen molar-refractivity contribution in [2.75, 3.05) is 0 Å². The molecule has 0 fully saturated rings. The van der Waals surface area contributed by atoms with Gasteiger partial charge in [-0.1, -0.05) is 25.9 Å². The third-order valence-electron chi connectivity index (χ3n) is 1.85. The van der Waals surface area contributed by atoms with Crippen LogP contribution in [0.25, 0.3) is 0 Å². The summed E-state index contributed by atoms with van der Waals surface area (Å²) in [6.07, 6.45) is 0. The third kappa shape index (κ3) is 1.50. The first-order chi connectivity index (χ1) is 5.46. The second kappa shape index (κ2) is 2.90. The van der Waals surface area contributed by atoms with E-state index in [0.29, 0.717) is 5.76 Å². The van der Waals surface area contributed by atoms with E-state index in [-0.39, 0.29) is 12.0 Å². The second-order valence-corrected chi connectivity index (χ2v) is 3.97. The average molecular weight is 169 g/mol. The predicted octanol–water partition coefficient (Wildman–Crippen LogP) is 1.77. The van der Waals surface area contributed by atoms with Crippen LogP contribution < -0.4 is 0 Å². The van der Waals surface area contributed by atoms with Crippen molar-refractivity contribution in [3.8, 4) is 0 Å². The Kier molecular flexibility index (Phi) is 2.24. The lowest BCUT2D eigenvalue weighted by Gasteiger charge is -2.15. The molecule has 1 N–H and O–H groups in total. The Morgan fingerprint density at radius 3 is 2.33 bits per heavy atom. The lowest BCUT2D eigenvalue weighted by molar-refractivity contribution is 0.276. The normalized spacial score (nSPS) is 12.1. The van der Waals surface area contributed by atoms with Crippen molar-refractivity contribution < 1.29 is 9.63 Å². The number of aliphatic hydroxyl groups is 1. The van der Waals surface area contributed by atoms with Gasteiger partial charge in [0.25, 0.3) is 0 Å². The molecular formula is C9H15NO2. The fraction of sp³-hybridized carbons (Fsp3) is 0.667. The maximum Gasteiger partial charge on any atom is 0.139 e. The van der Waals surface area contributed by atoms with Crippen LogP contribution in [0.3, 0.4) is 0 Å². The van der Waals surface area contributed by atoms with Gasteiger partial charge in [-0.2, -0.15) is 0 Å². The number of hydrogen-bond donors (Lipinski definition) is 1. The Labute approximate surface area is 72.4 Å². The zero-order chi connectivity index (χ0) is 9.35. The number of aromatic nitrogens is 1. The van der Waals surface area contributed by atoms with Crippen molar-refractivity contribution in [3.05, 3.63) is 17.0 Å². The maximum absolute atomic E-state index is 9.05. The molecule has 1 aromatic heterocycles. The zero-order valence-corrected chi connectivity index (χ0v) is 8.01.